The highest BCUT2D eigenvalue weighted by atomic mass is 19.4. The highest BCUT2D eigenvalue weighted by Gasteiger charge is 2.29. The van der Waals surface area contributed by atoms with Gasteiger partial charge in [-0.25, -0.2) is 4.98 Å². The lowest BCUT2D eigenvalue weighted by Gasteiger charge is -2.34. The Hall–Kier alpha value is -3.11. The van der Waals surface area contributed by atoms with Crippen molar-refractivity contribution in [1.29, 1.82) is 0 Å². The summed E-state index contributed by atoms with van der Waals surface area (Å²) in [5, 5.41) is 3.84. The molecule has 1 saturated heterocycles. The van der Waals surface area contributed by atoms with Crippen molar-refractivity contribution in [2.45, 2.75) is 26.4 Å². The van der Waals surface area contributed by atoms with Gasteiger partial charge >= 0.3 is 6.18 Å². The smallest absolute Gasteiger partial charge is 0.422 e. The molecule has 0 radical (unpaired) electrons. The van der Waals surface area contributed by atoms with Gasteiger partial charge in [0.05, 0.1) is 17.7 Å². The van der Waals surface area contributed by atoms with Crippen molar-refractivity contribution in [3.8, 4) is 5.88 Å². The van der Waals surface area contributed by atoms with Crippen molar-refractivity contribution in [3.05, 3.63) is 40.9 Å². The molecule has 1 fully saturated rings. The minimum Gasteiger partial charge on any atom is -0.468 e. The topological polar surface area (TPSA) is 88.8 Å². The number of amides is 2. The Morgan fingerprint density at radius 2 is 1.80 bits per heavy atom. The van der Waals surface area contributed by atoms with Crippen LogP contribution in [0.2, 0.25) is 0 Å². The number of hydrogen-bond donors (Lipinski definition) is 0. The van der Waals surface area contributed by atoms with Gasteiger partial charge in [0.25, 0.3) is 5.91 Å². The Morgan fingerprint density at radius 1 is 1.13 bits per heavy atom. The second-order valence-electron chi connectivity index (χ2n) is 6.94. The number of alkyl halides is 3. The summed E-state index contributed by atoms with van der Waals surface area (Å²) in [4.78, 5) is 32.1. The molecule has 0 bridgehead atoms. The lowest BCUT2D eigenvalue weighted by atomic mass is 10.1. The average molecular weight is 426 g/mol. The molecule has 8 nitrogen and oxygen atoms in total. The minimum atomic E-state index is -4.46. The minimum absolute atomic E-state index is 0.0654. The molecule has 2 amide bonds. The number of piperazine rings is 1. The van der Waals surface area contributed by atoms with Gasteiger partial charge in [0.1, 0.15) is 5.76 Å². The van der Waals surface area contributed by atoms with E-state index in [1.807, 2.05) is 0 Å². The molecule has 30 heavy (non-hydrogen) atoms. The second-order valence-corrected chi connectivity index (χ2v) is 6.94. The molecule has 1 aliphatic heterocycles. The van der Waals surface area contributed by atoms with Gasteiger partial charge in [0.2, 0.25) is 11.8 Å². The summed E-state index contributed by atoms with van der Waals surface area (Å²) in [5.74, 6) is 0.0375. The molecule has 0 saturated carbocycles. The number of pyridine rings is 1. The lowest BCUT2D eigenvalue weighted by Crippen LogP contribution is -2.51. The van der Waals surface area contributed by atoms with Crippen LogP contribution >= 0.6 is 0 Å². The highest BCUT2D eigenvalue weighted by molar-refractivity contribution is 5.94. The largest absolute Gasteiger partial charge is 0.468 e. The summed E-state index contributed by atoms with van der Waals surface area (Å²) in [6.07, 6.45) is -3.08. The van der Waals surface area contributed by atoms with E-state index in [-0.39, 0.29) is 29.7 Å². The zero-order chi connectivity index (χ0) is 21.9. The maximum absolute atomic E-state index is 12.6. The molecular weight excluding hydrogens is 405 g/mol. The fourth-order valence-corrected chi connectivity index (χ4v) is 3.11. The SMILES string of the molecule is Cc1noc(C)c1CC(=O)N1CCN(C(=O)c2ccc(OCC(F)(F)F)nc2)CC1. The van der Waals surface area contributed by atoms with Crippen LogP contribution in [0, 0.1) is 13.8 Å². The predicted octanol–water partition coefficient (Wildman–Crippen LogP) is 2.15. The predicted molar refractivity (Wildman–Crippen MR) is 98.0 cm³/mol. The summed E-state index contributed by atoms with van der Waals surface area (Å²) < 4.78 is 46.1. The molecule has 0 aromatic carbocycles. The molecule has 3 rings (SSSR count). The molecule has 0 N–H and O–H groups in total. The number of ether oxygens (including phenoxy) is 1. The third-order valence-corrected chi connectivity index (χ3v) is 4.80. The number of aromatic nitrogens is 2. The number of rotatable bonds is 5. The molecule has 0 unspecified atom stereocenters. The highest BCUT2D eigenvalue weighted by Crippen LogP contribution is 2.18. The quantitative estimate of drug-likeness (QED) is 0.728. The zero-order valence-corrected chi connectivity index (χ0v) is 16.5. The van der Waals surface area contributed by atoms with Crippen LogP contribution in [-0.2, 0) is 11.2 Å². The number of carbonyl (C=O) groups is 2. The number of carbonyl (C=O) groups excluding carboxylic acids is 2. The van der Waals surface area contributed by atoms with Crippen molar-refractivity contribution in [2.75, 3.05) is 32.8 Å². The monoisotopic (exact) mass is 426 g/mol. The first-order valence-corrected chi connectivity index (χ1v) is 9.28. The maximum Gasteiger partial charge on any atom is 0.422 e. The third-order valence-electron chi connectivity index (χ3n) is 4.80. The molecule has 162 valence electrons. The van der Waals surface area contributed by atoms with Crippen LogP contribution < -0.4 is 4.74 Å². The van der Waals surface area contributed by atoms with E-state index in [4.69, 9.17) is 4.52 Å². The summed E-state index contributed by atoms with van der Waals surface area (Å²) >= 11 is 0. The molecule has 3 heterocycles. The first-order chi connectivity index (χ1) is 14.1. The first-order valence-electron chi connectivity index (χ1n) is 9.28. The van der Waals surface area contributed by atoms with E-state index < -0.39 is 12.8 Å². The van der Waals surface area contributed by atoms with E-state index >= 15 is 0 Å². The lowest BCUT2D eigenvalue weighted by molar-refractivity contribution is -0.154. The summed E-state index contributed by atoms with van der Waals surface area (Å²) in [6, 6.07) is 2.60. The first kappa shape index (κ1) is 21.6. The summed E-state index contributed by atoms with van der Waals surface area (Å²) in [6.45, 7) is 3.55. The van der Waals surface area contributed by atoms with Gasteiger partial charge in [0.15, 0.2) is 6.61 Å². The van der Waals surface area contributed by atoms with Crippen molar-refractivity contribution >= 4 is 11.8 Å². The normalized spacial score (nSPS) is 14.7. The molecule has 1 aliphatic rings. The van der Waals surface area contributed by atoms with E-state index in [2.05, 4.69) is 14.9 Å². The van der Waals surface area contributed by atoms with Crippen molar-refractivity contribution in [2.24, 2.45) is 0 Å². The molecule has 0 spiro atoms. The van der Waals surface area contributed by atoms with E-state index in [1.54, 1.807) is 23.6 Å². The molecule has 0 atom stereocenters. The van der Waals surface area contributed by atoms with E-state index in [0.717, 1.165) is 5.56 Å². The van der Waals surface area contributed by atoms with Crippen LogP contribution in [0.3, 0.4) is 0 Å². The van der Waals surface area contributed by atoms with Crippen molar-refractivity contribution in [1.82, 2.24) is 19.9 Å². The fourth-order valence-electron chi connectivity index (χ4n) is 3.11. The van der Waals surface area contributed by atoms with Gasteiger partial charge in [-0.15, -0.1) is 0 Å². The summed E-state index contributed by atoms with van der Waals surface area (Å²) in [7, 11) is 0. The Kier molecular flexibility index (Phi) is 6.28. The Morgan fingerprint density at radius 3 is 2.33 bits per heavy atom. The fraction of sp³-hybridized carbons (Fsp3) is 0.474. The van der Waals surface area contributed by atoms with E-state index in [1.165, 1.54) is 18.3 Å². The van der Waals surface area contributed by atoms with Crippen LogP contribution in [0.15, 0.2) is 22.9 Å². The molecule has 0 aliphatic carbocycles. The Bertz CT molecular complexity index is 884. The van der Waals surface area contributed by atoms with Crippen molar-refractivity contribution in [3.63, 3.8) is 0 Å². The number of halogens is 3. The van der Waals surface area contributed by atoms with Gasteiger partial charge in [-0.05, 0) is 19.9 Å². The van der Waals surface area contributed by atoms with Crippen LogP contribution in [-0.4, -0.2) is 70.7 Å². The zero-order valence-electron chi connectivity index (χ0n) is 16.5. The van der Waals surface area contributed by atoms with E-state index in [0.29, 0.717) is 37.6 Å². The van der Waals surface area contributed by atoms with E-state index in [9.17, 15) is 22.8 Å². The number of nitrogens with zero attached hydrogens (tertiary/aromatic N) is 4. The van der Waals surface area contributed by atoms with Crippen LogP contribution in [0.5, 0.6) is 5.88 Å². The van der Waals surface area contributed by atoms with Gasteiger partial charge in [-0.1, -0.05) is 5.16 Å². The Labute approximate surface area is 170 Å². The molecule has 2 aromatic heterocycles. The maximum atomic E-state index is 12.6. The number of hydrogen-bond acceptors (Lipinski definition) is 6. The summed E-state index contributed by atoms with van der Waals surface area (Å²) in [5.41, 5.74) is 1.70. The Balaban J connectivity index is 1.52. The number of aryl methyl sites for hydroxylation is 2. The standard InChI is InChI=1S/C19H21F3N4O4/c1-12-15(13(2)30-24-12)9-17(27)25-5-7-26(8-6-25)18(28)14-3-4-16(23-10-14)29-11-19(20,21)22/h3-4,10H,5-9,11H2,1-2H3. The van der Waals surface area contributed by atoms with Crippen LogP contribution in [0.4, 0.5) is 13.2 Å². The van der Waals surface area contributed by atoms with Gasteiger partial charge < -0.3 is 19.1 Å². The van der Waals surface area contributed by atoms with Gasteiger partial charge in [-0.3, -0.25) is 9.59 Å². The van der Waals surface area contributed by atoms with Crippen LogP contribution in [0.25, 0.3) is 0 Å². The molecule has 11 heteroatoms. The van der Waals surface area contributed by atoms with Crippen molar-refractivity contribution < 1.29 is 32.0 Å². The molecular formula is C19H21F3N4O4. The van der Waals surface area contributed by atoms with Gasteiger partial charge in [0, 0.05) is 44.0 Å². The second kappa shape index (κ2) is 8.72. The average Bonchev–Trinajstić information content (AvgIpc) is 3.03. The third kappa shape index (κ3) is 5.28. The molecule has 2 aromatic rings. The van der Waals surface area contributed by atoms with Crippen LogP contribution in [0.1, 0.15) is 27.4 Å². The van der Waals surface area contributed by atoms with Gasteiger partial charge in [-0.2, -0.15) is 13.2 Å².